The zero-order valence-electron chi connectivity index (χ0n) is 8.12. The summed E-state index contributed by atoms with van der Waals surface area (Å²) in [6.45, 7) is 0. The Morgan fingerprint density at radius 2 is 2.20 bits per heavy atom. The van der Waals surface area contributed by atoms with Crippen LogP contribution in [-0.4, -0.2) is 12.8 Å². The lowest BCUT2D eigenvalue weighted by molar-refractivity contribution is 0.654. The molecule has 0 saturated heterocycles. The molecule has 0 N–H and O–H groups in total. The third kappa shape index (κ3) is 1.23. The number of furan rings is 1. The van der Waals surface area contributed by atoms with E-state index in [9.17, 15) is 0 Å². The molecule has 0 aliphatic heterocycles. The highest BCUT2D eigenvalue weighted by atomic mass is 35.5. The van der Waals surface area contributed by atoms with Gasteiger partial charge in [0.25, 0.3) is 0 Å². The average molecular weight is 215 g/mol. The monoisotopic (exact) mass is 215 g/mol. The zero-order chi connectivity index (χ0) is 10.4. The molecule has 0 saturated carbocycles. The molecule has 0 amide bonds. The molecule has 1 aromatic carbocycles. The standard InChI is InChI=1S/C11H7BClNO/c12-8-4-6(13)5-9-10(8)7-2-1-3-14-11(7)15-9/h1-5H,12H2. The minimum Gasteiger partial charge on any atom is -0.438 e. The molecule has 2 nitrogen and oxygen atoms in total. The van der Waals surface area contributed by atoms with Gasteiger partial charge in [-0.05, 0) is 18.2 Å². The van der Waals surface area contributed by atoms with E-state index in [2.05, 4.69) is 4.98 Å². The lowest BCUT2D eigenvalue weighted by atomic mass is 9.91. The van der Waals surface area contributed by atoms with Crippen molar-refractivity contribution in [1.29, 1.82) is 0 Å². The van der Waals surface area contributed by atoms with Gasteiger partial charge in [-0.25, -0.2) is 4.98 Å². The van der Waals surface area contributed by atoms with Crippen LogP contribution in [0.2, 0.25) is 5.02 Å². The summed E-state index contributed by atoms with van der Waals surface area (Å²) in [5, 5.41) is 2.84. The van der Waals surface area contributed by atoms with E-state index >= 15 is 0 Å². The quantitative estimate of drug-likeness (QED) is 0.535. The van der Waals surface area contributed by atoms with Crippen molar-refractivity contribution in [1.82, 2.24) is 4.98 Å². The predicted molar refractivity (Wildman–Crippen MR) is 64.7 cm³/mol. The summed E-state index contributed by atoms with van der Waals surface area (Å²) >= 11 is 5.97. The molecule has 0 atom stereocenters. The third-order valence-electron chi connectivity index (χ3n) is 2.51. The lowest BCUT2D eigenvalue weighted by Gasteiger charge is -1.96. The van der Waals surface area contributed by atoms with Gasteiger partial charge in [0.2, 0.25) is 5.71 Å². The van der Waals surface area contributed by atoms with Gasteiger partial charge >= 0.3 is 0 Å². The Labute approximate surface area is 92.3 Å². The largest absolute Gasteiger partial charge is 0.438 e. The average Bonchev–Trinajstić information content (AvgIpc) is 2.54. The summed E-state index contributed by atoms with van der Waals surface area (Å²) < 4.78 is 5.62. The van der Waals surface area contributed by atoms with Crippen LogP contribution in [0.25, 0.3) is 22.1 Å². The number of hydrogen-bond donors (Lipinski definition) is 0. The summed E-state index contributed by atoms with van der Waals surface area (Å²) in [5.74, 6) is 0. The zero-order valence-corrected chi connectivity index (χ0v) is 8.88. The van der Waals surface area contributed by atoms with Crippen LogP contribution in [0.4, 0.5) is 0 Å². The second kappa shape index (κ2) is 3.01. The number of hydrogen-bond acceptors (Lipinski definition) is 2. The lowest BCUT2D eigenvalue weighted by Crippen LogP contribution is -2.01. The molecule has 0 radical (unpaired) electrons. The van der Waals surface area contributed by atoms with Crippen molar-refractivity contribution in [2.24, 2.45) is 0 Å². The minimum atomic E-state index is 0.665. The Kier molecular flexibility index (Phi) is 1.76. The fourth-order valence-electron chi connectivity index (χ4n) is 1.90. The molecular weight excluding hydrogens is 208 g/mol. The molecule has 3 rings (SSSR count). The van der Waals surface area contributed by atoms with E-state index in [4.69, 9.17) is 16.0 Å². The Hall–Kier alpha value is -1.48. The molecular formula is C11H7BClNO. The van der Waals surface area contributed by atoms with Gasteiger partial charge in [-0.3, -0.25) is 0 Å². The molecule has 0 unspecified atom stereocenters. The van der Waals surface area contributed by atoms with E-state index in [0.717, 1.165) is 21.8 Å². The first-order valence-electron chi connectivity index (χ1n) is 4.69. The van der Waals surface area contributed by atoms with Crippen LogP contribution in [0.1, 0.15) is 0 Å². The SMILES string of the molecule is Bc1cc(Cl)cc2oc3ncccc3c12. The molecule has 2 aromatic heterocycles. The van der Waals surface area contributed by atoms with Crippen molar-refractivity contribution in [3.05, 3.63) is 35.5 Å². The van der Waals surface area contributed by atoms with Crippen molar-refractivity contribution >= 4 is 47.0 Å². The van der Waals surface area contributed by atoms with Gasteiger partial charge in [0.05, 0.1) is 0 Å². The molecule has 3 aromatic rings. The van der Waals surface area contributed by atoms with Crippen molar-refractivity contribution in [3.63, 3.8) is 0 Å². The van der Waals surface area contributed by atoms with Crippen LogP contribution in [0, 0.1) is 0 Å². The maximum Gasteiger partial charge on any atom is 0.227 e. The Balaban J connectivity index is 2.61. The van der Waals surface area contributed by atoms with Crippen LogP contribution >= 0.6 is 11.6 Å². The van der Waals surface area contributed by atoms with Gasteiger partial charge < -0.3 is 4.42 Å². The molecule has 4 heteroatoms. The van der Waals surface area contributed by atoms with Crippen LogP contribution in [-0.2, 0) is 0 Å². The maximum absolute atomic E-state index is 5.97. The van der Waals surface area contributed by atoms with Gasteiger partial charge in [-0.2, -0.15) is 0 Å². The molecule has 0 fully saturated rings. The number of aromatic nitrogens is 1. The van der Waals surface area contributed by atoms with Crippen LogP contribution in [0.3, 0.4) is 0 Å². The van der Waals surface area contributed by atoms with E-state index in [-0.39, 0.29) is 0 Å². The van der Waals surface area contributed by atoms with Gasteiger partial charge in [0, 0.05) is 28.1 Å². The Morgan fingerprint density at radius 1 is 1.33 bits per heavy atom. The molecule has 0 bridgehead atoms. The fourth-order valence-corrected chi connectivity index (χ4v) is 2.17. The summed E-state index contributed by atoms with van der Waals surface area (Å²) in [5.41, 5.74) is 2.58. The Morgan fingerprint density at radius 3 is 3.07 bits per heavy atom. The number of fused-ring (bicyclic) bond motifs is 3. The van der Waals surface area contributed by atoms with Crippen molar-refractivity contribution in [2.75, 3.05) is 0 Å². The van der Waals surface area contributed by atoms with Crippen molar-refractivity contribution in [2.45, 2.75) is 0 Å². The first kappa shape index (κ1) is 8.80. The molecule has 0 aliphatic carbocycles. The van der Waals surface area contributed by atoms with Gasteiger partial charge in [0.15, 0.2) is 0 Å². The Bertz CT molecular complexity index is 662. The van der Waals surface area contributed by atoms with E-state index < -0.39 is 0 Å². The van der Waals surface area contributed by atoms with Gasteiger partial charge in [-0.15, -0.1) is 0 Å². The van der Waals surface area contributed by atoms with Crippen LogP contribution in [0.15, 0.2) is 34.9 Å². The number of benzene rings is 1. The highest BCUT2D eigenvalue weighted by Gasteiger charge is 2.09. The number of pyridine rings is 1. The predicted octanol–water partition coefficient (Wildman–Crippen LogP) is 1.89. The van der Waals surface area contributed by atoms with Crippen molar-refractivity contribution < 1.29 is 4.42 Å². The summed E-state index contributed by atoms with van der Waals surface area (Å²) in [6, 6.07) is 7.68. The molecule has 2 heterocycles. The molecule has 0 spiro atoms. The third-order valence-corrected chi connectivity index (χ3v) is 2.73. The normalized spacial score (nSPS) is 11.3. The minimum absolute atomic E-state index is 0.665. The number of rotatable bonds is 0. The van der Waals surface area contributed by atoms with E-state index in [0.29, 0.717) is 10.7 Å². The van der Waals surface area contributed by atoms with E-state index in [1.807, 2.05) is 32.1 Å². The maximum atomic E-state index is 5.97. The van der Waals surface area contributed by atoms with Crippen molar-refractivity contribution in [3.8, 4) is 0 Å². The fraction of sp³-hybridized carbons (Fsp3) is 0. The highest BCUT2D eigenvalue weighted by molar-refractivity contribution is 6.43. The topological polar surface area (TPSA) is 26.0 Å². The van der Waals surface area contributed by atoms with E-state index in [1.165, 1.54) is 0 Å². The number of nitrogens with zero attached hydrogens (tertiary/aromatic N) is 1. The van der Waals surface area contributed by atoms with Crippen LogP contribution < -0.4 is 5.46 Å². The van der Waals surface area contributed by atoms with Crippen LogP contribution in [0.5, 0.6) is 0 Å². The molecule has 72 valence electrons. The summed E-state index contributed by atoms with van der Waals surface area (Å²) in [4.78, 5) is 4.18. The summed E-state index contributed by atoms with van der Waals surface area (Å²) in [6.07, 6.45) is 1.72. The smallest absolute Gasteiger partial charge is 0.227 e. The first-order valence-corrected chi connectivity index (χ1v) is 5.07. The van der Waals surface area contributed by atoms with Gasteiger partial charge in [0.1, 0.15) is 13.4 Å². The summed E-state index contributed by atoms with van der Waals surface area (Å²) in [7, 11) is 2.02. The second-order valence-electron chi connectivity index (χ2n) is 3.55. The number of halogens is 1. The second-order valence-corrected chi connectivity index (χ2v) is 3.99. The first-order chi connectivity index (χ1) is 7.25. The highest BCUT2D eigenvalue weighted by Crippen LogP contribution is 2.27. The molecule has 0 aliphatic rings. The molecule has 15 heavy (non-hydrogen) atoms. The van der Waals surface area contributed by atoms with Gasteiger partial charge in [-0.1, -0.05) is 17.1 Å². The van der Waals surface area contributed by atoms with E-state index in [1.54, 1.807) is 6.20 Å².